The molecule has 3 aromatic carbocycles. The maximum absolute atomic E-state index is 13.6. The molecule has 5 nitrogen and oxygen atoms in total. The van der Waals surface area contributed by atoms with Gasteiger partial charge in [-0.05, 0) is 65.2 Å². The van der Waals surface area contributed by atoms with Gasteiger partial charge in [0.25, 0.3) is 5.91 Å². The number of benzene rings is 3. The zero-order chi connectivity index (χ0) is 23.4. The van der Waals surface area contributed by atoms with Crippen molar-refractivity contribution in [2.45, 2.75) is 13.1 Å². The molecule has 3 N–H and O–H groups in total. The summed E-state index contributed by atoms with van der Waals surface area (Å²) >= 11 is 18.3. The van der Waals surface area contributed by atoms with Crippen LogP contribution in [0.1, 0.15) is 21.5 Å². The van der Waals surface area contributed by atoms with Crippen molar-refractivity contribution < 1.29 is 9.18 Å². The SMILES string of the molecule is O=C(NCc1ccc(Cl)c(Cl)c1)c1cc(CNC2=NCCN2)cc(-c2ccc(F)cc2Cl)c1. The van der Waals surface area contributed by atoms with Crippen molar-refractivity contribution in [3.8, 4) is 11.1 Å². The van der Waals surface area contributed by atoms with E-state index in [4.69, 9.17) is 34.8 Å². The fourth-order valence-corrected chi connectivity index (χ4v) is 4.04. The molecule has 9 heteroatoms. The zero-order valence-electron chi connectivity index (χ0n) is 17.4. The number of rotatable bonds is 6. The number of hydrogen-bond donors (Lipinski definition) is 3. The van der Waals surface area contributed by atoms with E-state index in [0.717, 1.165) is 24.2 Å². The van der Waals surface area contributed by atoms with Gasteiger partial charge in [-0.2, -0.15) is 0 Å². The minimum atomic E-state index is -0.425. The topological polar surface area (TPSA) is 65.5 Å². The van der Waals surface area contributed by atoms with Crippen LogP contribution in [-0.4, -0.2) is 25.0 Å². The highest BCUT2D eigenvalue weighted by molar-refractivity contribution is 6.42. The van der Waals surface area contributed by atoms with Gasteiger partial charge in [0.1, 0.15) is 5.82 Å². The molecule has 0 spiro atoms. The van der Waals surface area contributed by atoms with Crippen molar-refractivity contribution in [1.82, 2.24) is 16.0 Å². The molecule has 0 radical (unpaired) electrons. The number of halogens is 4. The smallest absolute Gasteiger partial charge is 0.251 e. The van der Waals surface area contributed by atoms with Gasteiger partial charge in [-0.25, -0.2) is 4.39 Å². The average Bonchev–Trinajstić information content (AvgIpc) is 3.32. The molecule has 1 aliphatic rings. The summed E-state index contributed by atoms with van der Waals surface area (Å²) in [4.78, 5) is 17.3. The summed E-state index contributed by atoms with van der Waals surface area (Å²) in [7, 11) is 0. The average molecular weight is 506 g/mol. The molecule has 1 amide bonds. The molecule has 3 aromatic rings. The van der Waals surface area contributed by atoms with Gasteiger partial charge in [-0.15, -0.1) is 0 Å². The number of aliphatic imine (C=N–C) groups is 1. The molecule has 0 atom stereocenters. The Hall–Kier alpha value is -2.80. The highest BCUT2D eigenvalue weighted by atomic mass is 35.5. The summed E-state index contributed by atoms with van der Waals surface area (Å²) in [5.41, 5.74) is 3.47. The maximum Gasteiger partial charge on any atom is 0.251 e. The highest BCUT2D eigenvalue weighted by Gasteiger charge is 2.14. The van der Waals surface area contributed by atoms with Crippen molar-refractivity contribution in [3.05, 3.63) is 92.2 Å². The second kappa shape index (κ2) is 10.4. The monoisotopic (exact) mass is 504 g/mol. The van der Waals surface area contributed by atoms with E-state index in [0.29, 0.717) is 39.2 Å². The molecule has 0 fully saturated rings. The van der Waals surface area contributed by atoms with E-state index in [9.17, 15) is 9.18 Å². The van der Waals surface area contributed by atoms with Gasteiger partial charge in [0.2, 0.25) is 0 Å². The van der Waals surface area contributed by atoms with Crippen LogP contribution in [0.4, 0.5) is 4.39 Å². The Labute approximate surface area is 206 Å². The number of carbonyl (C=O) groups excluding carboxylic acids is 1. The Kier molecular flexibility index (Phi) is 7.38. The molecule has 0 aliphatic carbocycles. The molecule has 0 unspecified atom stereocenters. The molecule has 1 heterocycles. The van der Waals surface area contributed by atoms with Crippen molar-refractivity contribution >= 4 is 46.7 Å². The second-order valence-corrected chi connectivity index (χ2v) is 8.71. The number of nitrogens with one attached hydrogen (secondary N) is 3. The van der Waals surface area contributed by atoms with E-state index < -0.39 is 5.82 Å². The van der Waals surface area contributed by atoms with Crippen molar-refractivity contribution in [2.75, 3.05) is 13.1 Å². The summed E-state index contributed by atoms with van der Waals surface area (Å²) < 4.78 is 13.6. The van der Waals surface area contributed by atoms with Crippen LogP contribution in [0.25, 0.3) is 11.1 Å². The molecular weight excluding hydrogens is 486 g/mol. The van der Waals surface area contributed by atoms with Crippen LogP contribution in [0.5, 0.6) is 0 Å². The minimum Gasteiger partial charge on any atom is -0.355 e. The van der Waals surface area contributed by atoms with Crippen LogP contribution in [0.3, 0.4) is 0 Å². The molecule has 0 saturated heterocycles. The van der Waals surface area contributed by atoms with E-state index in [1.54, 1.807) is 36.4 Å². The predicted molar refractivity (Wildman–Crippen MR) is 132 cm³/mol. The normalized spacial score (nSPS) is 12.8. The van der Waals surface area contributed by atoms with Crippen molar-refractivity contribution in [1.29, 1.82) is 0 Å². The molecule has 1 aliphatic heterocycles. The number of amides is 1. The molecule has 4 rings (SSSR count). The fraction of sp³-hybridized carbons (Fsp3) is 0.167. The molecule has 0 saturated carbocycles. The van der Waals surface area contributed by atoms with Gasteiger partial charge in [-0.3, -0.25) is 9.79 Å². The van der Waals surface area contributed by atoms with Crippen LogP contribution < -0.4 is 16.0 Å². The van der Waals surface area contributed by atoms with Gasteiger partial charge in [0.15, 0.2) is 5.96 Å². The molecule has 33 heavy (non-hydrogen) atoms. The predicted octanol–water partition coefficient (Wildman–Crippen LogP) is 5.43. The highest BCUT2D eigenvalue weighted by Crippen LogP contribution is 2.30. The first-order valence-corrected chi connectivity index (χ1v) is 11.4. The van der Waals surface area contributed by atoms with Crippen molar-refractivity contribution in [3.63, 3.8) is 0 Å². The Morgan fingerprint density at radius 1 is 0.939 bits per heavy atom. The van der Waals surface area contributed by atoms with Gasteiger partial charge in [-0.1, -0.05) is 40.9 Å². The zero-order valence-corrected chi connectivity index (χ0v) is 19.7. The Morgan fingerprint density at radius 2 is 1.79 bits per heavy atom. The lowest BCUT2D eigenvalue weighted by Gasteiger charge is -2.13. The number of nitrogens with zero attached hydrogens (tertiary/aromatic N) is 1. The van der Waals surface area contributed by atoms with E-state index in [2.05, 4.69) is 20.9 Å². The van der Waals surface area contributed by atoms with Crippen LogP contribution in [-0.2, 0) is 13.1 Å². The van der Waals surface area contributed by atoms with E-state index in [-0.39, 0.29) is 17.5 Å². The molecular formula is C24H20Cl3FN4O. The minimum absolute atomic E-state index is 0.265. The lowest BCUT2D eigenvalue weighted by atomic mass is 9.99. The summed E-state index contributed by atoms with van der Waals surface area (Å²) in [6, 6.07) is 14.8. The van der Waals surface area contributed by atoms with Gasteiger partial charge >= 0.3 is 0 Å². The largest absolute Gasteiger partial charge is 0.355 e. The second-order valence-electron chi connectivity index (χ2n) is 7.48. The lowest BCUT2D eigenvalue weighted by molar-refractivity contribution is 0.0951. The van der Waals surface area contributed by atoms with Crippen LogP contribution in [0.15, 0.2) is 59.6 Å². The van der Waals surface area contributed by atoms with E-state index in [1.165, 1.54) is 12.1 Å². The summed E-state index contributed by atoms with van der Waals surface area (Å²) in [6.07, 6.45) is 0. The maximum atomic E-state index is 13.6. The summed E-state index contributed by atoms with van der Waals surface area (Å²) in [5, 5.41) is 10.4. The standard InChI is InChI=1S/C24H20Cl3FN4O/c25-20-4-1-14(9-22(20)27)12-31-23(33)17-8-15(13-32-24-29-5-6-30-24)7-16(10-17)19-3-2-18(28)11-21(19)26/h1-4,7-11H,5-6,12-13H2,(H,31,33)(H2,29,30,32). The Bertz CT molecular complexity index is 1230. The molecule has 170 valence electrons. The number of carbonyl (C=O) groups is 1. The van der Waals surface area contributed by atoms with Crippen LogP contribution in [0.2, 0.25) is 15.1 Å². The molecule has 0 bridgehead atoms. The summed E-state index contributed by atoms with van der Waals surface area (Å²) in [6.45, 7) is 2.24. The van der Waals surface area contributed by atoms with Crippen LogP contribution in [0, 0.1) is 5.82 Å². The third-order valence-electron chi connectivity index (χ3n) is 5.07. The Balaban J connectivity index is 1.59. The lowest BCUT2D eigenvalue weighted by Crippen LogP contribution is -2.33. The van der Waals surface area contributed by atoms with Gasteiger partial charge in [0, 0.05) is 30.8 Å². The first-order valence-electron chi connectivity index (χ1n) is 10.2. The number of guanidine groups is 1. The van der Waals surface area contributed by atoms with E-state index in [1.807, 2.05) is 6.07 Å². The Morgan fingerprint density at radius 3 is 2.52 bits per heavy atom. The van der Waals surface area contributed by atoms with Gasteiger partial charge in [0.05, 0.1) is 21.6 Å². The first-order chi connectivity index (χ1) is 15.9. The molecule has 0 aromatic heterocycles. The third kappa shape index (κ3) is 5.96. The third-order valence-corrected chi connectivity index (χ3v) is 6.12. The van der Waals surface area contributed by atoms with Crippen LogP contribution >= 0.6 is 34.8 Å². The fourth-order valence-electron chi connectivity index (χ4n) is 3.44. The number of hydrogen-bond acceptors (Lipinski definition) is 4. The van der Waals surface area contributed by atoms with E-state index >= 15 is 0 Å². The quantitative estimate of drug-likeness (QED) is 0.418. The first kappa shape index (κ1) is 23.4. The van der Waals surface area contributed by atoms with Gasteiger partial charge < -0.3 is 16.0 Å². The summed E-state index contributed by atoms with van der Waals surface area (Å²) in [5.74, 6) is 0.0241. The van der Waals surface area contributed by atoms with Crippen molar-refractivity contribution in [2.24, 2.45) is 4.99 Å².